The summed E-state index contributed by atoms with van der Waals surface area (Å²) in [5.74, 6) is -0.369. The molecule has 0 saturated carbocycles. The minimum absolute atomic E-state index is 0.369. The Morgan fingerprint density at radius 2 is 1.47 bits per heavy atom. The van der Waals surface area contributed by atoms with Gasteiger partial charge in [0.2, 0.25) is 0 Å². The molecule has 0 heterocycles. The van der Waals surface area contributed by atoms with Crippen LogP contribution in [0.5, 0.6) is 0 Å². The molecular weight excluding hydrogens is 260 g/mol. The highest BCUT2D eigenvalue weighted by Crippen LogP contribution is 2.07. The number of rotatable bonds is 12. The molecule has 0 atom stereocenters. The van der Waals surface area contributed by atoms with Crippen LogP contribution in [0.15, 0.2) is 11.8 Å². The maximum absolute atomic E-state index is 11.8. The summed E-state index contributed by atoms with van der Waals surface area (Å²) >= 11 is 0. The summed E-state index contributed by atoms with van der Waals surface area (Å²) in [7, 11) is -2.16. The second-order valence-electron chi connectivity index (χ2n) is 4.44. The molecule has 0 aliphatic heterocycles. The Balaban J connectivity index is 4.26. The number of carbonyl (C=O) groups is 1. The van der Waals surface area contributed by atoms with Crippen molar-refractivity contribution in [3.05, 3.63) is 11.8 Å². The highest BCUT2D eigenvalue weighted by atomic mass is 28.3. The summed E-state index contributed by atoms with van der Waals surface area (Å²) < 4.78 is 16.5. The largest absolute Gasteiger partial charge is 0.463 e. The molecule has 0 radical (unpaired) electrons. The molecule has 0 amide bonds. The van der Waals surface area contributed by atoms with Crippen LogP contribution in [0, 0.1) is 0 Å². The molecule has 0 unspecified atom stereocenters. The topological polar surface area (TPSA) is 44.8 Å². The average molecular weight is 288 g/mol. The minimum Gasteiger partial charge on any atom is -0.463 e. The lowest BCUT2D eigenvalue weighted by Gasteiger charge is -2.18. The molecular formula is C14H28O4Si. The van der Waals surface area contributed by atoms with Gasteiger partial charge in [-0.3, -0.25) is 0 Å². The molecule has 0 saturated heterocycles. The number of hydrogen-bond acceptors (Lipinski definition) is 4. The van der Waals surface area contributed by atoms with Crippen molar-refractivity contribution < 1.29 is 18.4 Å². The Morgan fingerprint density at radius 1 is 0.947 bits per heavy atom. The Kier molecular flexibility index (Phi) is 12.0. The van der Waals surface area contributed by atoms with Crippen LogP contribution in [-0.2, 0) is 18.4 Å². The molecule has 0 N–H and O–H groups in total. The average Bonchev–Trinajstić information content (AvgIpc) is 2.42. The predicted octanol–water partition coefficient (Wildman–Crippen LogP) is 2.89. The molecule has 0 aromatic carbocycles. The summed E-state index contributed by atoms with van der Waals surface area (Å²) in [6.07, 6.45) is 4.86. The molecule has 5 heteroatoms. The van der Waals surface area contributed by atoms with E-state index in [0.717, 1.165) is 32.1 Å². The van der Waals surface area contributed by atoms with Crippen LogP contribution < -0.4 is 0 Å². The van der Waals surface area contributed by atoms with Gasteiger partial charge >= 0.3 is 15.3 Å². The van der Waals surface area contributed by atoms with E-state index in [2.05, 4.69) is 20.4 Å². The predicted molar refractivity (Wildman–Crippen MR) is 79.3 cm³/mol. The molecule has 19 heavy (non-hydrogen) atoms. The van der Waals surface area contributed by atoms with Crippen LogP contribution in [0.3, 0.4) is 0 Å². The summed E-state index contributed by atoms with van der Waals surface area (Å²) in [5.41, 5.74) is 0. The van der Waals surface area contributed by atoms with Crippen LogP contribution in [0.4, 0.5) is 0 Å². The fourth-order valence-corrected chi connectivity index (χ4v) is 2.84. The van der Waals surface area contributed by atoms with E-state index < -0.39 is 9.28 Å². The van der Waals surface area contributed by atoms with E-state index in [-0.39, 0.29) is 5.97 Å². The Morgan fingerprint density at radius 3 is 1.89 bits per heavy atom. The molecule has 0 aliphatic carbocycles. The maximum Gasteiger partial charge on any atom is 0.362 e. The van der Waals surface area contributed by atoms with Crippen molar-refractivity contribution in [3.63, 3.8) is 0 Å². The van der Waals surface area contributed by atoms with Gasteiger partial charge < -0.3 is 13.6 Å². The number of esters is 1. The zero-order valence-corrected chi connectivity index (χ0v) is 13.7. The van der Waals surface area contributed by atoms with Gasteiger partial charge in [-0.2, -0.15) is 0 Å². The number of carbonyl (C=O) groups excluding carboxylic acids is 1. The van der Waals surface area contributed by atoms with E-state index >= 15 is 0 Å². The summed E-state index contributed by atoms with van der Waals surface area (Å²) in [5, 5.41) is 0.389. The molecule has 0 spiro atoms. The van der Waals surface area contributed by atoms with Gasteiger partial charge in [-0.25, -0.2) is 4.79 Å². The summed E-state index contributed by atoms with van der Waals surface area (Å²) in [6.45, 7) is 11.6. The summed E-state index contributed by atoms with van der Waals surface area (Å²) in [6, 6.07) is 0. The van der Waals surface area contributed by atoms with Gasteiger partial charge in [0.1, 0.15) is 0 Å². The Hall–Kier alpha value is -0.653. The van der Waals surface area contributed by atoms with E-state index in [0.29, 0.717) is 25.0 Å². The minimum atomic E-state index is -2.16. The molecule has 0 fully saturated rings. The van der Waals surface area contributed by atoms with Crippen LogP contribution >= 0.6 is 0 Å². The van der Waals surface area contributed by atoms with Gasteiger partial charge in [0.25, 0.3) is 0 Å². The maximum atomic E-state index is 11.8. The van der Waals surface area contributed by atoms with Gasteiger partial charge in [-0.15, -0.1) is 0 Å². The highest BCUT2D eigenvalue weighted by Gasteiger charge is 2.24. The van der Waals surface area contributed by atoms with E-state index in [4.69, 9.17) is 13.6 Å². The highest BCUT2D eigenvalue weighted by molar-refractivity contribution is 6.60. The first-order valence-electron chi connectivity index (χ1n) is 7.26. The Bertz CT molecular complexity index is 246. The van der Waals surface area contributed by atoms with Crippen LogP contribution in [-0.4, -0.2) is 35.1 Å². The first-order valence-corrected chi connectivity index (χ1v) is 8.78. The van der Waals surface area contributed by atoms with Crippen LogP contribution in [0.1, 0.15) is 52.9 Å². The zero-order valence-electron chi connectivity index (χ0n) is 12.6. The smallest absolute Gasteiger partial charge is 0.362 e. The number of ether oxygens (including phenoxy) is 1. The Labute approximate surface area is 119 Å². The fraction of sp³-hybridized carbons (Fsp3) is 0.786. The van der Waals surface area contributed by atoms with Crippen molar-refractivity contribution in [2.75, 3.05) is 19.8 Å². The van der Waals surface area contributed by atoms with Gasteiger partial charge in [0.05, 0.1) is 11.8 Å². The monoisotopic (exact) mass is 288 g/mol. The normalized spacial score (nSPS) is 10.7. The van der Waals surface area contributed by atoms with Crippen molar-refractivity contribution in [2.24, 2.45) is 0 Å². The molecule has 0 bridgehead atoms. The van der Waals surface area contributed by atoms with Crippen molar-refractivity contribution in [3.8, 4) is 0 Å². The quantitative estimate of drug-likeness (QED) is 0.240. The second-order valence-corrected chi connectivity index (χ2v) is 6.47. The van der Waals surface area contributed by atoms with Crippen LogP contribution in [0.25, 0.3) is 0 Å². The third kappa shape index (κ3) is 8.97. The van der Waals surface area contributed by atoms with Crippen LogP contribution in [0.2, 0.25) is 0 Å². The SMILES string of the molecule is C=C(C(=O)OCCC)[SiH](OCCCC)OCCCC. The van der Waals surface area contributed by atoms with Gasteiger partial charge in [-0.1, -0.05) is 40.2 Å². The second kappa shape index (κ2) is 12.4. The van der Waals surface area contributed by atoms with Gasteiger partial charge in [-0.05, 0) is 19.3 Å². The molecule has 112 valence electrons. The van der Waals surface area contributed by atoms with E-state index in [9.17, 15) is 4.79 Å². The lowest BCUT2D eigenvalue weighted by atomic mass is 10.4. The number of hydrogen-bond donors (Lipinski definition) is 0. The lowest BCUT2D eigenvalue weighted by Crippen LogP contribution is -2.31. The van der Waals surface area contributed by atoms with Gasteiger partial charge in [0, 0.05) is 13.2 Å². The lowest BCUT2D eigenvalue weighted by molar-refractivity contribution is -0.138. The third-order valence-corrected chi connectivity index (χ3v) is 4.40. The third-order valence-electron chi connectivity index (χ3n) is 2.52. The van der Waals surface area contributed by atoms with E-state index in [1.165, 1.54) is 0 Å². The first-order chi connectivity index (χ1) is 9.17. The van der Waals surface area contributed by atoms with Crippen molar-refractivity contribution in [1.82, 2.24) is 0 Å². The first kappa shape index (κ1) is 18.3. The fourth-order valence-electron chi connectivity index (χ4n) is 1.30. The molecule has 0 aromatic rings. The molecule has 0 aliphatic rings. The van der Waals surface area contributed by atoms with Crippen molar-refractivity contribution in [1.29, 1.82) is 0 Å². The van der Waals surface area contributed by atoms with Gasteiger partial charge in [0.15, 0.2) is 0 Å². The van der Waals surface area contributed by atoms with E-state index in [1.54, 1.807) is 0 Å². The number of unbranched alkanes of at least 4 members (excludes halogenated alkanes) is 2. The zero-order chi connectivity index (χ0) is 14.5. The van der Waals surface area contributed by atoms with Crippen molar-refractivity contribution >= 4 is 15.3 Å². The summed E-state index contributed by atoms with van der Waals surface area (Å²) in [4.78, 5) is 11.8. The van der Waals surface area contributed by atoms with Crippen molar-refractivity contribution in [2.45, 2.75) is 52.9 Å². The molecule has 0 aromatic heterocycles. The standard InChI is InChI=1S/C14H28O4Si/c1-5-8-11-17-19(18-12-9-6-2)13(4)14(15)16-10-7-3/h19H,4-12H2,1-3H3. The molecule has 4 nitrogen and oxygen atoms in total. The van der Waals surface area contributed by atoms with E-state index in [1.807, 2.05) is 6.92 Å². The molecule has 0 rings (SSSR count).